The summed E-state index contributed by atoms with van der Waals surface area (Å²) in [6, 6.07) is 8.79. The van der Waals surface area contributed by atoms with Crippen molar-refractivity contribution in [2.45, 2.75) is 32.6 Å². The zero-order chi connectivity index (χ0) is 9.68. The van der Waals surface area contributed by atoms with Crippen LogP contribution in [0.15, 0.2) is 24.3 Å². The van der Waals surface area contributed by atoms with Gasteiger partial charge in [-0.3, -0.25) is 0 Å². The van der Waals surface area contributed by atoms with E-state index >= 15 is 0 Å². The molecule has 0 amide bonds. The van der Waals surface area contributed by atoms with Crippen molar-refractivity contribution in [3.05, 3.63) is 35.4 Å². The molecule has 1 heteroatoms. The Morgan fingerprint density at radius 2 is 1.85 bits per heavy atom. The average molecular weight is 177 g/mol. The molecular formula is C12H19N. The van der Waals surface area contributed by atoms with E-state index in [0.717, 1.165) is 13.0 Å². The van der Waals surface area contributed by atoms with Gasteiger partial charge in [0, 0.05) is 0 Å². The van der Waals surface area contributed by atoms with Crippen molar-refractivity contribution in [2.24, 2.45) is 5.73 Å². The minimum atomic E-state index is 0.643. The van der Waals surface area contributed by atoms with E-state index in [4.69, 9.17) is 5.73 Å². The molecule has 1 rings (SSSR count). The van der Waals surface area contributed by atoms with Crippen LogP contribution in [-0.4, -0.2) is 6.54 Å². The third-order valence-electron chi connectivity index (χ3n) is 2.49. The van der Waals surface area contributed by atoms with E-state index < -0.39 is 0 Å². The lowest BCUT2D eigenvalue weighted by molar-refractivity contribution is 0.640. The Labute approximate surface area is 81.0 Å². The first-order valence-corrected chi connectivity index (χ1v) is 5.00. The second-order valence-electron chi connectivity index (χ2n) is 3.74. The standard InChI is InChI=1S/C12H19N/c1-10-5-7-12(8-6-10)11(2)4-3-9-13/h5-8,11H,3-4,9,13H2,1-2H3. The van der Waals surface area contributed by atoms with Crippen LogP contribution >= 0.6 is 0 Å². The Balaban J connectivity index is 2.55. The molecule has 1 atom stereocenters. The number of hydrogen-bond acceptors (Lipinski definition) is 1. The normalized spacial score (nSPS) is 12.8. The Bertz CT molecular complexity index is 238. The minimum absolute atomic E-state index is 0.643. The number of nitrogens with two attached hydrogens (primary N) is 1. The van der Waals surface area contributed by atoms with E-state index in [-0.39, 0.29) is 0 Å². The molecule has 0 aliphatic rings. The van der Waals surface area contributed by atoms with Crippen molar-refractivity contribution in [1.29, 1.82) is 0 Å². The van der Waals surface area contributed by atoms with Gasteiger partial charge in [0.25, 0.3) is 0 Å². The van der Waals surface area contributed by atoms with Crippen molar-refractivity contribution in [2.75, 3.05) is 6.54 Å². The molecular weight excluding hydrogens is 158 g/mol. The smallest absolute Gasteiger partial charge is 0.00771 e. The lowest BCUT2D eigenvalue weighted by atomic mass is 9.95. The van der Waals surface area contributed by atoms with Crippen molar-refractivity contribution < 1.29 is 0 Å². The zero-order valence-corrected chi connectivity index (χ0v) is 8.59. The highest BCUT2D eigenvalue weighted by atomic mass is 14.5. The molecule has 1 unspecified atom stereocenters. The van der Waals surface area contributed by atoms with Gasteiger partial charge in [-0.05, 0) is 37.8 Å². The van der Waals surface area contributed by atoms with Crippen LogP contribution in [0.2, 0.25) is 0 Å². The van der Waals surface area contributed by atoms with E-state index in [1.807, 2.05) is 0 Å². The molecule has 0 heterocycles. The molecule has 0 saturated heterocycles. The first kappa shape index (κ1) is 10.3. The second-order valence-corrected chi connectivity index (χ2v) is 3.74. The van der Waals surface area contributed by atoms with E-state index in [1.54, 1.807) is 0 Å². The third-order valence-corrected chi connectivity index (χ3v) is 2.49. The van der Waals surface area contributed by atoms with Crippen LogP contribution in [-0.2, 0) is 0 Å². The summed E-state index contributed by atoms with van der Waals surface area (Å²) in [6.07, 6.45) is 2.31. The maximum atomic E-state index is 5.48. The first-order chi connectivity index (χ1) is 6.24. The average Bonchev–Trinajstić information content (AvgIpc) is 2.15. The summed E-state index contributed by atoms with van der Waals surface area (Å²) in [5, 5.41) is 0. The van der Waals surface area contributed by atoms with E-state index in [0.29, 0.717) is 5.92 Å². The molecule has 0 aliphatic heterocycles. The Morgan fingerprint density at radius 3 is 2.38 bits per heavy atom. The summed E-state index contributed by atoms with van der Waals surface area (Å²) in [4.78, 5) is 0. The molecule has 1 nitrogen and oxygen atoms in total. The number of rotatable bonds is 4. The van der Waals surface area contributed by atoms with Gasteiger partial charge in [-0.15, -0.1) is 0 Å². The molecule has 0 aromatic heterocycles. The van der Waals surface area contributed by atoms with Crippen LogP contribution in [0, 0.1) is 6.92 Å². The van der Waals surface area contributed by atoms with Gasteiger partial charge >= 0.3 is 0 Å². The highest BCUT2D eigenvalue weighted by Gasteiger charge is 2.03. The summed E-state index contributed by atoms with van der Waals surface area (Å²) in [7, 11) is 0. The number of aryl methyl sites for hydroxylation is 1. The summed E-state index contributed by atoms with van der Waals surface area (Å²) in [5.41, 5.74) is 8.24. The minimum Gasteiger partial charge on any atom is -0.330 e. The van der Waals surface area contributed by atoms with Crippen LogP contribution in [0.1, 0.15) is 36.8 Å². The molecule has 0 aliphatic carbocycles. The predicted molar refractivity (Wildman–Crippen MR) is 57.9 cm³/mol. The fourth-order valence-corrected chi connectivity index (χ4v) is 1.49. The Hall–Kier alpha value is -0.820. The van der Waals surface area contributed by atoms with Gasteiger partial charge in [0.1, 0.15) is 0 Å². The van der Waals surface area contributed by atoms with Gasteiger partial charge in [0.2, 0.25) is 0 Å². The fourth-order valence-electron chi connectivity index (χ4n) is 1.49. The molecule has 0 fully saturated rings. The molecule has 0 spiro atoms. The number of hydrogen-bond donors (Lipinski definition) is 1. The quantitative estimate of drug-likeness (QED) is 0.752. The van der Waals surface area contributed by atoms with Gasteiger partial charge in [-0.2, -0.15) is 0 Å². The summed E-state index contributed by atoms with van der Waals surface area (Å²) in [5.74, 6) is 0.643. The Kier molecular flexibility index (Phi) is 3.97. The maximum Gasteiger partial charge on any atom is -0.00771 e. The molecule has 1 aromatic rings. The summed E-state index contributed by atoms with van der Waals surface area (Å²) < 4.78 is 0. The first-order valence-electron chi connectivity index (χ1n) is 5.00. The highest BCUT2D eigenvalue weighted by molar-refractivity contribution is 5.23. The van der Waals surface area contributed by atoms with Crippen molar-refractivity contribution in [3.8, 4) is 0 Å². The van der Waals surface area contributed by atoms with Crippen LogP contribution in [0.4, 0.5) is 0 Å². The lowest BCUT2D eigenvalue weighted by Crippen LogP contribution is -2.01. The van der Waals surface area contributed by atoms with Gasteiger partial charge in [0.05, 0.1) is 0 Å². The second kappa shape index (κ2) is 5.03. The molecule has 1 aromatic carbocycles. The molecule has 0 radical (unpaired) electrons. The predicted octanol–water partition coefficient (Wildman–Crippen LogP) is 2.84. The topological polar surface area (TPSA) is 26.0 Å². The van der Waals surface area contributed by atoms with Crippen LogP contribution in [0.25, 0.3) is 0 Å². The van der Waals surface area contributed by atoms with Crippen molar-refractivity contribution in [1.82, 2.24) is 0 Å². The van der Waals surface area contributed by atoms with Gasteiger partial charge in [-0.25, -0.2) is 0 Å². The van der Waals surface area contributed by atoms with Crippen LogP contribution in [0.5, 0.6) is 0 Å². The SMILES string of the molecule is Cc1ccc(C(C)CCCN)cc1. The van der Waals surface area contributed by atoms with E-state index in [1.165, 1.54) is 17.5 Å². The van der Waals surface area contributed by atoms with Gasteiger partial charge < -0.3 is 5.73 Å². The van der Waals surface area contributed by atoms with E-state index in [9.17, 15) is 0 Å². The van der Waals surface area contributed by atoms with Crippen molar-refractivity contribution >= 4 is 0 Å². The molecule has 2 N–H and O–H groups in total. The maximum absolute atomic E-state index is 5.48. The fraction of sp³-hybridized carbons (Fsp3) is 0.500. The third kappa shape index (κ3) is 3.19. The summed E-state index contributed by atoms with van der Waals surface area (Å²) in [6.45, 7) is 5.19. The van der Waals surface area contributed by atoms with Crippen molar-refractivity contribution in [3.63, 3.8) is 0 Å². The Morgan fingerprint density at radius 1 is 1.23 bits per heavy atom. The largest absolute Gasteiger partial charge is 0.330 e. The lowest BCUT2D eigenvalue weighted by Gasteiger charge is -2.10. The highest BCUT2D eigenvalue weighted by Crippen LogP contribution is 2.20. The van der Waals surface area contributed by atoms with E-state index in [2.05, 4.69) is 38.1 Å². The monoisotopic (exact) mass is 177 g/mol. The van der Waals surface area contributed by atoms with Gasteiger partial charge in [-0.1, -0.05) is 36.8 Å². The van der Waals surface area contributed by atoms with Crippen LogP contribution < -0.4 is 5.73 Å². The van der Waals surface area contributed by atoms with Crippen LogP contribution in [0.3, 0.4) is 0 Å². The summed E-state index contributed by atoms with van der Waals surface area (Å²) >= 11 is 0. The molecule has 0 bridgehead atoms. The zero-order valence-electron chi connectivity index (χ0n) is 8.59. The molecule has 0 saturated carbocycles. The number of benzene rings is 1. The molecule has 13 heavy (non-hydrogen) atoms. The van der Waals surface area contributed by atoms with Gasteiger partial charge in [0.15, 0.2) is 0 Å². The molecule has 72 valence electrons.